The maximum absolute atomic E-state index is 13.0. The molecular formula is C20H25FN4O4. The van der Waals surface area contributed by atoms with Crippen LogP contribution in [0.1, 0.15) is 47.9 Å². The summed E-state index contributed by atoms with van der Waals surface area (Å²) in [5.74, 6) is 0.999. The number of carbonyl (C=O) groups is 1. The van der Waals surface area contributed by atoms with Gasteiger partial charge in [-0.1, -0.05) is 5.16 Å². The first-order chi connectivity index (χ1) is 14.1. The van der Waals surface area contributed by atoms with Gasteiger partial charge in [-0.05, 0) is 43.7 Å². The van der Waals surface area contributed by atoms with E-state index in [0.29, 0.717) is 43.9 Å². The molecule has 1 amide bonds. The van der Waals surface area contributed by atoms with Crippen molar-refractivity contribution in [3.05, 3.63) is 41.6 Å². The second kappa shape index (κ2) is 8.54. The topological polar surface area (TPSA) is 90.6 Å². The monoisotopic (exact) mass is 404 g/mol. The van der Waals surface area contributed by atoms with Crippen molar-refractivity contribution in [1.29, 1.82) is 0 Å². The molecule has 2 aliphatic rings. The van der Waals surface area contributed by atoms with Gasteiger partial charge in [0.15, 0.2) is 5.82 Å². The zero-order chi connectivity index (χ0) is 20.3. The van der Waals surface area contributed by atoms with Gasteiger partial charge in [-0.25, -0.2) is 9.37 Å². The third-order valence-corrected chi connectivity index (χ3v) is 5.75. The van der Waals surface area contributed by atoms with E-state index in [4.69, 9.17) is 14.0 Å². The van der Waals surface area contributed by atoms with Crippen LogP contribution in [0.25, 0.3) is 0 Å². The Morgan fingerprint density at radius 2 is 2.21 bits per heavy atom. The van der Waals surface area contributed by atoms with E-state index in [2.05, 4.69) is 15.1 Å². The lowest BCUT2D eigenvalue weighted by Gasteiger charge is -2.46. The van der Waals surface area contributed by atoms with Crippen LogP contribution in [0.4, 0.5) is 4.39 Å². The number of piperidine rings is 1. The lowest BCUT2D eigenvalue weighted by molar-refractivity contribution is -0.123. The molecule has 0 radical (unpaired) electrons. The number of hydrogen-bond donors (Lipinski definition) is 0. The molecule has 0 aromatic carbocycles. The van der Waals surface area contributed by atoms with Gasteiger partial charge < -0.3 is 18.9 Å². The number of nitrogens with zero attached hydrogens (tertiary/aromatic N) is 4. The molecule has 1 atom stereocenters. The summed E-state index contributed by atoms with van der Waals surface area (Å²) < 4.78 is 29.4. The molecule has 1 unspecified atom stereocenters. The molecule has 2 aromatic heterocycles. The SMILES string of the molecule is COCc1nc(CC2CCOC3(CCN(C(=O)c4ccc(F)cn4)CC3)C2)no1. The molecule has 4 rings (SSSR count). The number of methoxy groups -OCH3 is 1. The van der Waals surface area contributed by atoms with Crippen molar-refractivity contribution in [3.8, 4) is 0 Å². The number of carbonyl (C=O) groups excluding carboxylic acids is 1. The number of halogens is 1. The van der Waals surface area contributed by atoms with Crippen LogP contribution < -0.4 is 0 Å². The summed E-state index contributed by atoms with van der Waals surface area (Å²) in [4.78, 5) is 22.7. The number of hydrogen-bond acceptors (Lipinski definition) is 7. The number of pyridine rings is 1. The van der Waals surface area contributed by atoms with Crippen LogP contribution in [0, 0.1) is 11.7 Å². The third-order valence-electron chi connectivity index (χ3n) is 5.75. The molecule has 0 N–H and O–H groups in total. The Labute approximate surface area is 168 Å². The van der Waals surface area contributed by atoms with E-state index < -0.39 is 5.82 Å². The molecule has 156 valence electrons. The summed E-state index contributed by atoms with van der Waals surface area (Å²) in [6, 6.07) is 2.69. The van der Waals surface area contributed by atoms with E-state index in [1.807, 2.05) is 0 Å². The highest BCUT2D eigenvalue weighted by Gasteiger charge is 2.41. The van der Waals surface area contributed by atoms with Gasteiger partial charge in [0, 0.05) is 33.2 Å². The smallest absolute Gasteiger partial charge is 0.272 e. The molecule has 0 bridgehead atoms. The highest BCUT2D eigenvalue weighted by atomic mass is 19.1. The van der Waals surface area contributed by atoms with Gasteiger partial charge in [0.05, 0.1) is 11.8 Å². The molecule has 4 heterocycles. The predicted octanol–water partition coefficient (Wildman–Crippen LogP) is 2.39. The molecule has 29 heavy (non-hydrogen) atoms. The van der Waals surface area contributed by atoms with E-state index in [1.165, 1.54) is 12.1 Å². The van der Waals surface area contributed by atoms with E-state index in [1.54, 1.807) is 12.0 Å². The molecule has 8 nitrogen and oxygen atoms in total. The van der Waals surface area contributed by atoms with Crippen molar-refractivity contribution in [2.45, 2.75) is 44.3 Å². The van der Waals surface area contributed by atoms with Crippen LogP contribution in [-0.4, -0.2) is 58.3 Å². The minimum atomic E-state index is -0.447. The van der Waals surface area contributed by atoms with Crippen LogP contribution in [0.5, 0.6) is 0 Å². The first-order valence-corrected chi connectivity index (χ1v) is 9.92. The van der Waals surface area contributed by atoms with Crippen LogP contribution in [0.2, 0.25) is 0 Å². The Hall–Kier alpha value is -2.39. The summed E-state index contributed by atoms with van der Waals surface area (Å²) >= 11 is 0. The number of rotatable bonds is 5. The average molecular weight is 404 g/mol. The summed E-state index contributed by atoms with van der Waals surface area (Å²) in [5.41, 5.74) is 0.0587. The Kier molecular flexibility index (Phi) is 5.86. The fourth-order valence-electron chi connectivity index (χ4n) is 4.25. The fourth-order valence-corrected chi connectivity index (χ4v) is 4.25. The average Bonchev–Trinajstić information content (AvgIpc) is 3.16. The Morgan fingerprint density at radius 1 is 1.38 bits per heavy atom. The van der Waals surface area contributed by atoms with Crippen molar-refractivity contribution in [1.82, 2.24) is 20.0 Å². The van der Waals surface area contributed by atoms with Crippen molar-refractivity contribution in [2.24, 2.45) is 5.92 Å². The highest BCUT2D eigenvalue weighted by Crippen LogP contribution is 2.38. The van der Waals surface area contributed by atoms with E-state index in [-0.39, 0.29) is 17.2 Å². The largest absolute Gasteiger partial charge is 0.375 e. The maximum Gasteiger partial charge on any atom is 0.272 e. The molecular weight excluding hydrogens is 379 g/mol. The maximum atomic E-state index is 13.0. The van der Waals surface area contributed by atoms with Gasteiger partial charge in [0.2, 0.25) is 0 Å². The molecule has 0 aliphatic carbocycles. The van der Waals surface area contributed by atoms with Gasteiger partial charge in [-0.2, -0.15) is 4.98 Å². The van der Waals surface area contributed by atoms with Gasteiger partial charge in [0.25, 0.3) is 11.8 Å². The Balaban J connectivity index is 1.33. The Morgan fingerprint density at radius 3 is 2.93 bits per heavy atom. The number of ether oxygens (including phenoxy) is 2. The number of aromatic nitrogens is 3. The van der Waals surface area contributed by atoms with Crippen LogP contribution in [-0.2, 0) is 22.5 Å². The van der Waals surface area contributed by atoms with Crippen molar-refractivity contribution in [3.63, 3.8) is 0 Å². The van der Waals surface area contributed by atoms with E-state index in [9.17, 15) is 9.18 Å². The van der Waals surface area contributed by atoms with E-state index >= 15 is 0 Å². The molecule has 1 spiro atoms. The highest BCUT2D eigenvalue weighted by molar-refractivity contribution is 5.92. The van der Waals surface area contributed by atoms with E-state index in [0.717, 1.165) is 38.3 Å². The molecule has 2 saturated heterocycles. The second-order valence-electron chi connectivity index (χ2n) is 7.79. The summed E-state index contributed by atoms with van der Waals surface area (Å²) in [5, 5.41) is 4.04. The van der Waals surface area contributed by atoms with Crippen LogP contribution in [0.3, 0.4) is 0 Å². The van der Waals surface area contributed by atoms with Crippen molar-refractivity contribution >= 4 is 5.91 Å². The minimum absolute atomic E-state index is 0.162. The van der Waals surface area contributed by atoms with Crippen molar-refractivity contribution in [2.75, 3.05) is 26.8 Å². The third kappa shape index (κ3) is 4.62. The normalized spacial score (nSPS) is 21.4. The minimum Gasteiger partial charge on any atom is -0.375 e. The van der Waals surface area contributed by atoms with Gasteiger partial charge >= 0.3 is 0 Å². The first-order valence-electron chi connectivity index (χ1n) is 9.92. The summed E-state index contributed by atoms with van der Waals surface area (Å²) in [7, 11) is 1.59. The number of likely N-dealkylation sites (tertiary alicyclic amines) is 1. The van der Waals surface area contributed by atoms with Gasteiger partial charge in [-0.3, -0.25) is 4.79 Å². The fraction of sp³-hybridized carbons (Fsp3) is 0.600. The quantitative estimate of drug-likeness (QED) is 0.756. The standard InChI is InChI=1S/C20H25FN4O4/c1-27-13-18-23-17(24-29-18)10-14-4-9-28-20(11-14)5-7-25(8-6-20)19(26)16-3-2-15(21)12-22-16/h2-3,12,14H,4-11,13H2,1H3. The molecule has 0 saturated carbocycles. The second-order valence-corrected chi connectivity index (χ2v) is 7.79. The first kappa shape index (κ1) is 19.9. The summed E-state index contributed by atoms with van der Waals surface area (Å²) in [6.07, 6.45) is 5.25. The predicted molar refractivity (Wildman–Crippen MR) is 99.5 cm³/mol. The van der Waals surface area contributed by atoms with Crippen LogP contribution >= 0.6 is 0 Å². The zero-order valence-electron chi connectivity index (χ0n) is 16.5. The van der Waals surface area contributed by atoms with Crippen LogP contribution in [0.15, 0.2) is 22.9 Å². The lowest BCUT2D eigenvalue weighted by atomic mass is 9.78. The number of amides is 1. The van der Waals surface area contributed by atoms with Gasteiger partial charge in [-0.15, -0.1) is 0 Å². The zero-order valence-corrected chi connectivity index (χ0v) is 16.5. The van der Waals surface area contributed by atoms with Gasteiger partial charge in [0.1, 0.15) is 18.1 Å². The molecule has 2 aromatic rings. The summed E-state index contributed by atoms with van der Waals surface area (Å²) in [6.45, 7) is 2.22. The molecule has 2 aliphatic heterocycles. The lowest BCUT2D eigenvalue weighted by Crippen LogP contribution is -2.51. The Bertz CT molecular complexity index is 833. The molecule has 9 heteroatoms. The molecule has 2 fully saturated rings. The van der Waals surface area contributed by atoms with Crippen molar-refractivity contribution < 1.29 is 23.2 Å².